The van der Waals surface area contributed by atoms with Gasteiger partial charge in [-0.1, -0.05) is 30.3 Å². The molecule has 2 N–H and O–H groups in total. The number of carbonyl (C=O) groups excluding carboxylic acids is 2. The van der Waals surface area contributed by atoms with Gasteiger partial charge in [-0.3, -0.25) is 4.79 Å². The summed E-state index contributed by atoms with van der Waals surface area (Å²) in [6.07, 6.45) is 3.14. The van der Waals surface area contributed by atoms with E-state index in [1.165, 1.54) is 0 Å². The lowest BCUT2D eigenvalue weighted by Crippen LogP contribution is -2.54. The van der Waals surface area contributed by atoms with E-state index in [0.29, 0.717) is 25.9 Å². The van der Waals surface area contributed by atoms with Gasteiger partial charge in [0.05, 0.1) is 18.6 Å². The maximum Gasteiger partial charge on any atom is 0.318 e. The number of aromatic nitrogens is 1. The Balaban J connectivity index is 1.46. The van der Waals surface area contributed by atoms with Gasteiger partial charge < -0.3 is 20.1 Å². The Morgan fingerprint density at radius 2 is 1.96 bits per heavy atom. The van der Waals surface area contributed by atoms with Gasteiger partial charge in [0.1, 0.15) is 0 Å². The number of benzene rings is 1. The van der Waals surface area contributed by atoms with Crippen LogP contribution in [0.4, 0.5) is 4.79 Å². The van der Waals surface area contributed by atoms with E-state index in [0.717, 1.165) is 17.8 Å². The van der Waals surface area contributed by atoms with Gasteiger partial charge >= 0.3 is 6.03 Å². The molecule has 6 heteroatoms. The summed E-state index contributed by atoms with van der Waals surface area (Å²) in [5.41, 5.74) is 2.17. The molecule has 0 saturated carbocycles. The van der Waals surface area contributed by atoms with Gasteiger partial charge in [0.25, 0.3) is 0 Å². The zero-order valence-electron chi connectivity index (χ0n) is 14.0. The molecular weight excluding hydrogens is 316 g/mol. The fourth-order valence-electron chi connectivity index (χ4n) is 3.67. The van der Waals surface area contributed by atoms with Crippen LogP contribution in [0.1, 0.15) is 30.1 Å². The highest BCUT2D eigenvalue weighted by molar-refractivity contribution is 5.79. The summed E-state index contributed by atoms with van der Waals surface area (Å²) in [5.74, 6) is 0.0372. The van der Waals surface area contributed by atoms with Crippen molar-refractivity contribution in [1.82, 2.24) is 20.1 Å². The maximum atomic E-state index is 12.7. The number of amides is 3. The quantitative estimate of drug-likeness (QED) is 0.880. The minimum absolute atomic E-state index is 0.0372. The smallest absolute Gasteiger partial charge is 0.318 e. The number of urea groups is 1. The van der Waals surface area contributed by atoms with E-state index in [1.54, 1.807) is 0 Å². The molecule has 1 saturated heterocycles. The zero-order valence-corrected chi connectivity index (χ0v) is 14.0. The number of fused-ring (bicyclic) bond motifs is 1. The molecule has 4 rings (SSSR count). The first-order chi connectivity index (χ1) is 12.2. The minimum Gasteiger partial charge on any atom is -0.348 e. The fourth-order valence-corrected chi connectivity index (χ4v) is 3.67. The lowest BCUT2D eigenvalue weighted by molar-refractivity contribution is -0.123. The van der Waals surface area contributed by atoms with E-state index < -0.39 is 0 Å². The van der Waals surface area contributed by atoms with Crippen molar-refractivity contribution in [1.29, 1.82) is 0 Å². The second kappa shape index (κ2) is 6.63. The molecule has 3 heterocycles. The Bertz CT molecular complexity index is 771. The number of piperidine rings is 1. The highest BCUT2D eigenvalue weighted by Crippen LogP contribution is 2.24. The van der Waals surface area contributed by atoms with Crippen molar-refractivity contribution in [3.05, 3.63) is 59.9 Å². The van der Waals surface area contributed by atoms with Gasteiger partial charge in [-0.15, -0.1) is 0 Å². The molecule has 1 fully saturated rings. The van der Waals surface area contributed by atoms with E-state index >= 15 is 0 Å². The second-order valence-electron chi connectivity index (χ2n) is 6.67. The molecule has 2 atom stereocenters. The largest absolute Gasteiger partial charge is 0.348 e. The number of hydrogen-bond acceptors (Lipinski definition) is 2. The third kappa shape index (κ3) is 3.24. The summed E-state index contributed by atoms with van der Waals surface area (Å²) in [6.45, 7) is 2.13. The molecule has 130 valence electrons. The van der Waals surface area contributed by atoms with Crippen molar-refractivity contribution in [3.63, 3.8) is 0 Å². The molecule has 0 aliphatic carbocycles. The second-order valence-corrected chi connectivity index (χ2v) is 6.67. The Labute approximate surface area is 146 Å². The van der Waals surface area contributed by atoms with E-state index in [2.05, 4.69) is 15.2 Å². The summed E-state index contributed by atoms with van der Waals surface area (Å²) in [6, 6.07) is 13.6. The average Bonchev–Trinajstić information content (AvgIpc) is 3.11. The van der Waals surface area contributed by atoms with Crippen LogP contribution in [0.15, 0.2) is 48.7 Å². The third-order valence-electron chi connectivity index (χ3n) is 5.04. The van der Waals surface area contributed by atoms with Crippen molar-refractivity contribution < 1.29 is 9.59 Å². The van der Waals surface area contributed by atoms with Crippen LogP contribution in [0.5, 0.6) is 0 Å². The molecule has 0 spiro atoms. The molecule has 6 nitrogen and oxygen atoms in total. The number of hydrogen-bond donors (Lipinski definition) is 2. The van der Waals surface area contributed by atoms with E-state index in [4.69, 9.17) is 0 Å². The van der Waals surface area contributed by atoms with Crippen molar-refractivity contribution in [2.24, 2.45) is 0 Å². The summed E-state index contributed by atoms with van der Waals surface area (Å²) >= 11 is 0. The van der Waals surface area contributed by atoms with Gasteiger partial charge in [-0.25, -0.2) is 4.79 Å². The molecule has 25 heavy (non-hydrogen) atoms. The van der Waals surface area contributed by atoms with Gasteiger partial charge in [-0.05, 0) is 24.1 Å². The van der Waals surface area contributed by atoms with Gasteiger partial charge in [-0.2, -0.15) is 0 Å². The molecular formula is C19H22N4O2. The third-order valence-corrected chi connectivity index (χ3v) is 5.04. The average molecular weight is 338 g/mol. The van der Waals surface area contributed by atoms with Crippen LogP contribution in [0.25, 0.3) is 0 Å². The van der Waals surface area contributed by atoms with E-state index in [9.17, 15) is 9.59 Å². The van der Waals surface area contributed by atoms with Crippen LogP contribution in [0.3, 0.4) is 0 Å². The monoisotopic (exact) mass is 338 g/mol. The van der Waals surface area contributed by atoms with Crippen molar-refractivity contribution in [2.45, 2.75) is 38.0 Å². The van der Waals surface area contributed by atoms with Crippen molar-refractivity contribution in [2.75, 3.05) is 6.54 Å². The molecule has 2 aromatic rings. The lowest BCUT2D eigenvalue weighted by atomic mass is 9.92. The number of nitrogens with one attached hydrogen (secondary N) is 2. The first kappa shape index (κ1) is 15.7. The zero-order chi connectivity index (χ0) is 17.2. The maximum absolute atomic E-state index is 12.7. The Hall–Kier alpha value is -2.76. The molecule has 1 aromatic carbocycles. The predicted octanol–water partition coefficient (Wildman–Crippen LogP) is 2.03. The molecule has 1 aromatic heterocycles. The number of nitrogens with zero attached hydrogens (tertiary/aromatic N) is 2. The predicted molar refractivity (Wildman–Crippen MR) is 93.7 cm³/mol. The molecule has 0 bridgehead atoms. The molecule has 2 aliphatic heterocycles. The Morgan fingerprint density at radius 3 is 2.80 bits per heavy atom. The highest BCUT2D eigenvalue weighted by atomic mass is 16.2. The van der Waals surface area contributed by atoms with E-state index in [1.807, 2.05) is 53.6 Å². The standard InChI is InChI=1S/C19H22N4O2/c24-17-9-8-16(18(21-17)14-5-2-1-3-6-14)20-19(25)23-12-11-22-10-4-7-15(22)13-23/h1-7,10,16,18H,8-9,11-13H2,(H,20,25)(H,21,24)/t16-,18+/m1/s1. The molecule has 0 unspecified atom stereocenters. The molecule has 0 radical (unpaired) electrons. The first-order valence-corrected chi connectivity index (χ1v) is 8.74. The van der Waals surface area contributed by atoms with Crippen LogP contribution in [-0.2, 0) is 17.9 Å². The Kier molecular flexibility index (Phi) is 4.17. The van der Waals surface area contributed by atoms with Crippen LogP contribution >= 0.6 is 0 Å². The lowest BCUT2D eigenvalue weighted by Gasteiger charge is -2.36. The van der Waals surface area contributed by atoms with Crippen LogP contribution in [0, 0.1) is 0 Å². The molecule has 3 amide bonds. The van der Waals surface area contributed by atoms with Crippen LogP contribution in [-0.4, -0.2) is 34.0 Å². The summed E-state index contributed by atoms with van der Waals surface area (Å²) in [5, 5.41) is 6.17. The van der Waals surface area contributed by atoms with Gasteiger partial charge in [0.2, 0.25) is 5.91 Å². The highest BCUT2D eigenvalue weighted by Gasteiger charge is 2.32. The topological polar surface area (TPSA) is 66.4 Å². The summed E-state index contributed by atoms with van der Waals surface area (Å²) in [4.78, 5) is 26.4. The van der Waals surface area contributed by atoms with Gasteiger partial charge in [0, 0.05) is 31.4 Å². The van der Waals surface area contributed by atoms with Crippen molar-refractivity contribution in [3.8, 4) is 0 Å². The normalized spacial score (nSPS) is 22.9. The van der Waals surface area contributed by atoms with E-state index in [-0.39, 0.29) is 24.0 Å². The summed E-state index contributed by atoms with van der Waals surface area (Å²) < 4.78 is 2.18. The van der Waals surface area contributed by atoms with Crippen molar-refractivity contribution >= 4 is 11.9 Å². The Morgan fingerprint density at radius 1 is 1.12 bits per heavy atom. The molecule has 2 aliphatic rings. The number of rotatable bonds is 2. The van der Waals surface area contributed by atoms with Crippen LogP contribution in [0.2, 0.25) is 0 Å². The first-order valence-electron chi connectivity index (χ1n) is 8.74. The number of carbonyl (C=O) groups is 2. The SMILES string of the molecule is O=C1CC[C@@H](NC(=O)N2CCn3cccc3C2)[C@H](c2ccccc2)N1. The summed E-state index contributed by atoms with van der Waals surface area (Å²) in [7, 11) is 0. The van der Waals surface area contributed by atoms with Crippen LogP contribution < -0.4 is 10.6 Å². The fraction of sp³-hybridized carbons (Fsp3) is 0.368. The minimum atomic E-state index is -0.181. The van der Waals surface area contributed by atoms with Gasteiger partial charge in [0.15, 0.2) is 0 Å².